The van der Waals surface area contributed by atoms with Gasteiger partial charge in [0.25, 0.3) is 5.91 Å². The number of ether oxygens (including phenoxy) is 1. The molecule has 178 valence electrons. The van der Waals surface area contributed by atoms with Gasteiger partial charge in [0.2, 0.25) is 5.91 Å². The maximum atomic E-state index is 12.8. The van der Waals surface area contributed by atoms with Crippen molar-refractivity contribution in [2.24, 2.45) is 23.7 Å². The quantitative estimate of drug-likeness (QED) is 0.417. The Morgan fingerprint density at radius 2 is 1.81 bits per heavy atom. The number of nitrogens with one attached hydrogen (secondary N) is 3. The van der Waals surface area contributed by atoms with Crippen LogP contribution in [0.2, 0.25) is 0 Å². The van der Waals surface area contributed by atoms with Gasteiger partial charge in [-0.1, -0.05) is 27.7 Å². The van der Waals surface area contributed by atoms with Crippen LogP contribution in [0, 0.1) is 23.7 Å². The van der Waals surface area contributed by atoms with E-state index in [1.54, 1.807) is 0 Å². The summed E-state index contributed by atoms with van der Waals surface area (Å²) >= 11 is 0. The Kier molecular flexibility index (Phi) is 10.1. The Morgan fingerprint density at radius 1 is 1.13 bits per heavy atom. The van der Waals surface area contributed by atoms with Crippen LogP contribution in [-0.2, 0) is 14.3 Å². The standard InChI is InChI=1S/C23H41N3O5/c1-14(2)11-20(22(29)25-19(13-27)12-17-9-10-24-21(17)28)31-23(30)26-18-7-5-16(6-8-18)15(3)4/h14-20,27H,5-13H2,1-4H3,(H,24,28)(H,25,29)(H,26,30)/t16?,17-,18?,19-,20-/m0/s1. The van der Waals surface area contributed by atoms with E-state index in [1.165, 1.54) is 0 Å². The second kappa shape index (κ2) is 12.3. The minimum atomic E-state index is -0.932. The lowest BCUT2D eigenvalue weighted by molar-refractivity contribution is -0.132. The molecule has 1 aliphatic carbocycles. The SMILES string of the molecule is CC(C)C[C@H](OC(=O)NC1CCC(C(C)C)CC1)C(=O)N[C@H](CO)C[C@@H]1CCNC1=O. The second-order valence-corrected chi connectivity index (χ2v) is 9.92. The zero-order chi connectivity index (χ0) is 23.0. The molecule has 3 amide bonds. The molecule has 0 radical (unpaired) electrons. The molecule has 8 nitrogen and oxygen atoms in total. The average Bonchev–Trinajstić information content (AvgIpc) is 3.11. The van der Waals surface area contributed by atoms with Crippen LogP contribution in [0.25, 0.3) is 0 Å². The maximum Gasteiger partial charge on any atom is 0.408 e. The minimum Gasteiger partial charge on any atom is -0.436 e. The predicted octanol–water partition coefficient (Wildman–Crippen LogP) is 2.35. The molecule has 1 saturated carbocycles. The lowest BCUT2D eigenvalue weighted by Crippen LogP contribution is -2.48. The normalized spacial score (nSPS) is 25.8. The van der Waals surface area contributed by atoms with E-state index >= 15 is 0 Å². The summed E-state index contributed by atoms with van der Waals surface area (Å²) in [5.74, 6) is 0.816. The Labute approximate surface area is 186 Å². The van der Waals surface area contributed by atoms with Crippen molar-refractivity contribution in [1.29, 1.82) is 0 Å². The monoisotopic (exact) mass is 439 g/mol. The summed E-state index contributed by atoms with van der Waals surface area (Å²) in [7, 11) is 0. The number of rotatable bonds is 10. The molecular formula is C23H41N3O5. The van der Waals surface area contributed by atoms with Crippen molar-refractivity contribution in [2.75, 3.05) is 13.2 Å². The van der Waals surface area contributed by atoms with E-state index < -0.39 is 24.1 Å². The van der Waals surface area contributed by atoms with E-state index in [4.69, 9.17) is 4.74 Å². The summed E-state index contributed by atoms with van der Waals surface area (Å²) < 4.78 is 5.51. The molecule has 0 unspecified atom stereocenters. The lowest BCUT2D eigenvalue weighted by atomic mass is 9.80. The first-order valence-electron chi connectivity index (χ1n) is 11.9. The molecule has 0 aromatic heterocycles. The lowest BCUT2D eigenvalue weighted by Gasteiger charge is -2.31. The van der Waals surface area contributed by atoms with Crippen LogP contribution < -0.4 is 16.0 Å². The number of aliphatic hydroxyl groups is 1. The molecule has 1 aliphatic heterocycles. The van der Waals surface area contributed by atoms with Gasteiger partial charge in [-0.3, -0.25) is 9.59 Å². The fourth-order valence-corrected chi connectivity index (χ4v) is 4.58. The summed E-state index contributed by atoms with van der Waals surface area (Å²) in [5.41, 5.74) is 0. The van der Waals surface area contributed by atoms with Gasteiger partial charge in [-0.05, 0) is 62.7 Å². The van der Waals surface area contributed by atoms with E-state index in [0.717, 1.165) is 25.7 Å². The number of hydrogen-bond donors (Lipinski definition) is 4. The highest BCUT2D eigenvalue weighted by Gasteiger charge is 2.31. The Hall–Kier alpha value is -1.83. The largest absolute Gasteiger partial charge is 0.436 e. The van der Waals surface area contributed by atoms with Gasteiger partial charge in [0.1, 0.15) is 0 Å². The molecule has 2 aliphatic rings. The molecule has 8 heteroatoms. The molecule has 0 aromatic carbocycles. The minimum absolute atomic E-state index is 0.0470. The summed E-state index contributed by atoms with van der Waals surface area (Å²) in [6, 6.07) is -0.467. The first-order valence-corrected chi connectivity index (χ1v) is 11.9. The topological polar surface area (TPSA) is 117 Å². The van der Waals surface area contributed by atoms with Crippen LogP contribution in [0.1, 0.15) is 72.6 Å². The first kappa shape index (κ1) is 25.4. The van der Waals surface area contributed by atoms with Crippen molar-refractivity contribution >= 4 is 17.9 Å². The summed E-state index contributed by atoms with van der Waals surface area (Å²) in [4.78, 5) is 37.1. The van der Waals surface area contributed by atoms with E-state index in [0.29, 0.717) is 37.6 Å². The Balaban J connectivity index is 1.87. The molecule has 0 aromatic rings. The second-order valence-electron chi connectivity index (χ2n) is 9.92. The van der Waals surface area contributed by atoms with Crippen LogP contribution in [0.5, 0.6) is 0 Å². The summed E-state index contributed by atoms with van der Waals surface area (Å²) in [6.45, 7) is 8.74. The third kappa shape index (κ3) is 8.31. The van der Waals surface area contributed by atoms with Gasteiger partial charge in [-0.25, -0.2) is 4.79 Å². The van der Waals surface area contributed by atoms with Gasteiger partial charge >= 0.3 is 6.09 Å². The van der Waals surface area contributed by atoms with Crippen LogP contribution in [0.3, 0.4) is 0 Å². The summed E-state index contributed by atoms with van der Waals surface area (Å²) in [5, 5.41) is 18.1. The molecule has 0 spiro atoms. The first-order chi connectivity index (χ1) is 14.7. The van der Waals surface area contributed by atoms with E-state index in [2.05, 4.69) is 29.8 Å². The van der Waals surface area contributed by atoms with Crippen molar-refractivity contribution in [3.63, 3.8) is 0 Å². The Bertz CT molecular complexity index is 602. The van der Waals surface area contributed by atoms with Crippen LogP contribution in [0.4, 0.5) is 4.79 Å². The predicted molar refractivity (Wildman–Crippen MR) is 118 cm³/mol. The molecule has 0 bridgehead atoms. The molecule has 1 heterocycles. The fraction of sp³-hybridized carbons (Fsp3) is 0.870. The maximum absolute atomic E-state index is 12.8. The van der Waals surface area contributed by atoms with Gasteiger partial charge in [0.15, 0.2) is 6.10 Å². The zero-order valence-electron chi connectivity index (χ0n) is 19.5. The average molecular weight is 440 g/mol. The van der Waals surface area contributed by atoms with Crippen molar-refractivity contribution in [1.82, 2.24) is 16.0 Å². The van der Waals surface area contributed by atoms with Crippen LogP contribution in [0.15, 0.2) is 0 Å². The third-order valence-corrected chi connectivity index (χ3v) is 6.56. The van der Waals surface area contributed by atoms with Crippen LogP contribution >= 0.6 is 0 Å². The third-order valence-electron chi connectivity index (χ3n) is 6.56. The van der Waals surface area contributed by atoms with Gasteiger partial charge in [-0.15, -0.1) is 0 Å². The highest BCUT2D eigenvalue weighted by Crippen LogP contribution is 2.30. The van der Waals surface area contributed by atoms with Crippen molar-refractivity contribution < 1.29 is 24.2 Å². The molecule has 1 saturated heterocycles. The molecular weight excluding hydrogens is 398 g/mol. The van der Waals surface area contributed by atoms with E-state index in [-0.39, 0.29) is 30.4 Å². The van der Waals surface area contributed by atoms with E-state index in [1.807, 2.05) is 13.8 Å². The van der Waals surface area contributed by atoms with Gasteiger partial charge in [0.05, 0.1) is 12.6 Å². The van der Waals surface area contributed by atoms with Crippen LogP contribution in [-0.4, -0.2) is 54.4 Å². The summed E-state index contributed by atoms with van der Waals surface area (Å²) in [6.07, 6.45) is 3.98. The van der Waals surface area contributed by atoms with Crippen molar-refractivity contribution in [3.05, 3.63) is 0 Å². The smallest absolute Gasteiger partial charge is 0.408 e. The highest BCUT2D eigenvalue weighted by molar-refractivity contribution is 5.84. The number of amides is 3. The number of carbonyl (C=O) groups excluding carboxylic acids is 3. The zero-order valence-corrected chi connectivity index (χ0v) is 19.5. The molecule has 4 N–H and O–H groups in total. The molecule has 2 fully saturated rings. The van der Waals surface area contributed by atoms with Gasteiger partial charge < -0.3 is 25.8 Å². The molecule has 31 heavy (non-hydrogen) atoms. The highest BCUT2D eigenvalue weighted by atomic mass is 16.6. The van der Waals surface area contributed by atoms with E-state index in [9.17, 15) is 19.5 Å². The number of hydrogen-bond acceptors (Lipinski definition) is 5. The van der Waals surface area contributed by atoms with Gasteiger partial charge in [-0.2, -0.15) is 0 Å². The molecule has 3 atom stereocenters. The van der Waals surface area contributed by atoms with Gasteiger partial charge in [0, 0.05) is 18.5 Å². The van der Waals surface area contributed by atoms with Crippen molar-refractivity contribution in [2.45, 2.75) is 90.8 Å². The number of aliphatic hydroxyl groups excluding tert-OH is 1. The molecule has 2 rings (SSSR count). The number of alkyl carbamates (subject to hydrolysis) is 1. The Morgan fingerprint density at radius 3 is 2.32 bits per heavy atom. The fourth-order valence-electron chi connectivity index (χ4n) is 4.58. The number of carbonyl (C=O) groups is 3. The van der Waals surface area contributed by atoms with Crippen molar-refractivity contribution in [3.8, 4) is 0 Å².